The Morgan fingerprint density at radius 1 is 1.50 bits per heavy atom. The maximum absolute atomic E-state index is 11.4. The first kappa shape index (κ1) is 11.5. The van der Waals surface area contributed by atoms with Crippen LogP contribution in [0.4, 0.5) is 0 Å². The van der Waals surface area contributed by atoms with Crippen LogP contribution in [0.1, 0.15) is 19.3 Å². The van der Waals surface area contributed by atoms with E-state index in [1.165, 1.54) is 7.11 Å². The molecule has 4 heteroatoms. The lowest BCUT2D eigenvalue weighted by atomic mass is 9.94. The van der Waals surface area contributed by atoms with E-state index in [-0.39, 0.29) is 19.1 Å². The minimum absolute atomic E-state index is 0.0787. The summed E-state index contributed by atoms with van der Waals surface area (Å²) in [7, 11) is 1.54. The van der Waals surface area contributed by atoms with Gasteiger partial charge in [-0.25, -0.2) is 0 Å². The van der Waals surface area contributed by atoms with Crippen molar-refractivity contribution < 1.29 is 14.6 Å². The maximum Gasteiger partial charge on any atom is 0.248 e. The summed E-state index contributed by atoms with van der Waals surface area (Å²) in [6, 6.07) is 0. The van der Waals surface area contributed by atoms with Gasteiger partial charge in [-0.15, -0.1) is 0 Å². The van der Waals surface area contributed by atoms with Crippen molar-refractivity contribution in [3.63, 3.8) is 0 Å². The number of rotatable bonds is 4. The molecule has 0 saturated carbocycles. The molecular formula is C10H19NO3. The lowest BCUT2D eigenvalue weighted by Gasteiger charge is -2.31. The monoisotopic (exact) mass is 201 g/mol. The first-order valence-electron chi connectivity index (χ1n) is 5.15. The highest BCUT2D eigenvalue weighted by Crippen LogP contribution is 2.19. The van der Waals surface area contributed by atoms with Crippen molar-refractivity contribution in [1.29, 1.82) is 0 Å². The molecule has 4 nitrogen and oxygen atoms in total. The van der Waals surface area contributed by atoms with Gasteiger partial charge in [-0.3, -0.25) is 4.79 Å². The summed E-state index contributed by atoms with van der Waals surface area (Å²) in [5.74, 6) is 0.668. The van der Waals surface area contributed by atoms with Crippen LogP contribution < -0.4 is 0 Å². The average molecular weight is 201 g/mol. The Labute approximate surface area is 84.8 Å². The molecule has 0 aromatic carbocycles. The Balaban J connectivity index is 2.24. The van der Waals surface area contributed by atoms with E-state index in [1.54, 1.807) is 0 Å². The highest BCUT2D eigenvalue weighted by molar-refractivity contribution is 5.77. The van der Waals surface area contributed by atoms with E-state index in [1.807, 2.05) is 4.90 Å². The van der Waals surface area contributed by atoms with Crippen LogP contribution in [0, 0.1) is 5.92 Å². The predicted molar refractivity (Wildman–Crippen MR) is 52.9 cm³/mol. The second-order valence-electron chi connectivity index (χ2n) is 3.77. The van der Waals surface area contributed by atoms with E-state index < -0.39 is 0 Å². The molecule has 0 radical (unpaired) electrons. The number of ether oxygens (including phenoxy) is 1. The van der Waals surface area contributed by atoms with Crippen molar-refractivity contribution >= 4 is 5.91 Å². The molecule has 0 aromatic rings. The number of carbonyl (C=O) groups excluding carboxylic acids is 1. The average Bonchev–Trinajstić information content (AvgIpc) is 2.20. The van der Waals surface area contributed by atoms with E-state index in [0.717, 1.165) is 32.4 Å². The number of likely N-dealkylation sites (tertiary alicyclic amines) is 1. The molecule has 82 valence electrons. The fourth-order valence-electron chi connectivity index (χ4n) is 1.87. The Bertz CT molecular complexity index is 176. The van der Waals surface area contributed by atoms with Crippen LogP contribution in [0.25, 0.3) is 0 Å². The highest BCUT2D eigenvalue weighted by atomic mass is 16.5. The van der Waals surface area contributed by atoms with Crippen LogP contribution in [0.15, 0.2) is 0 Å². The third-order valence-electron chi connectivity index (χ3n) is 2.77. The van der Waals surface area contributed by atoms with E-state index in [9.17, 15) is 4.79 Å². The van der Waals surface area contributed by atoms with Gasteiger partial charge in [0.15, 0.2) is 0 Å². The second-order valence-corrected chi connectivity index (χ2v) is 3.77. The number of amides is 1. The van der Waals surface area contributed by atoms with Crippen molar-refractivity contribution in [3.05, 3.63) is 0 Å². The quantitative estimate of drug-likeness (QED) is 0.709. The van der Waals surface area contributed by atoms with Crippen LogP contribution in [-0.2, 0) is 9.53 Å². The molecule has 0 atom stereocenters. The molecule has 1 N–H and O–H groups in total. The zero-order chi connectivity index (χ0) is 10.4. The molecule has 1 amide bonds. The number of methoxy groups -OCH3 is 1. The number of piperidine rings is 1. The molecule has 0 spiro atoms. The molecule has 1 saturated heterocycles. The lowest BCUT2D eigenvalue weighted by Crippen LogP contribution is -2.40. The number of hydrogen-bond acceptors (Lipinski definition) is 3. The summed E-state index contributed by atoms with van der Waals surface area (Å²) in [6.45, 7) is 2.07. The molecule has 0 aliphatic carbocycles. The van der Waals surface area contributed by atoms with E-state index in [2.05, 4.69) is 0 Å². The van der Waals surface area contributed by atoms with Crippen LogP contribution in [0.2, 0.25) is 0 Å². The van der Waals surface area contributed by atoms with Crippen LogP contribution >= 0.6 is 0 Å². The smallest absolute Gasteiger partial charge is 0.248 e. The number of nitrogens with zero attached hydrogens (tertiary/aromatic N) is 1. The van der Waals surface area contributed by atoms with Gasteiger partial charge in [-0.1, -0.05) is 0 Å². The standard InChI is InChI=1S/C10H19NO3/c1-14-8-10(13)11-5-2-9(3-6-11)4-7-12/h9,12H,2-8H2,1H3. The molecule has 0 aromatic heterocycles. The molecular weight excluding hydrogens is 182 g/mol. The summed E-state index contributed by atoms with van der Waals surface area (Å²) in [5.41, 5.74) is 0. The van der Waals surface area contributed by atoms with Crippen molar-refractivity contribution in [2.24, 2.45) is 5.92 Å². The minimum atomic E-state index is 0.0787. The van der Waals surface area contributed by atoms with Gasteiger partial charge in [-0.05, 0) is 25.2 Å². The first-order valence-corrected chi connectivity index (χ1v) is 5.15. The summed E-state index contributed by atoms with van der Waals surface area (Å²) in [4.78, 5) is 13.3. The van der Waals surface area contributed by atoms with Crippen molar-refractivity contribution in [2.45, 2.75) is 19.3 Å². The molecule has 0 unspecified atom stereocenters. The van der Waals surface area contributed by atoms with Crippen molar-refractivity contribution in [2.75, 3.05) is 33.4 Å². The van der Waals surface area contributed by atoms with Gasteiger partial charge < -0.3 is 14.7 Å². The topological polar surface area (TPSA) is 49.8 Å². The van der Waals surface area contributed by atoms with E-state index in [4.69, 9.17) is 9.84 Å². The second kappa shape index (κ2) is 5.98. The summed E-state index contributed by atoms with van der Waals surface area (Å²) in [5, 5.41) is 8.78. The van der Waals surface area contributed by atoms with Crippen molar-refractivity contribution in [1.82, 2.24) is 4.90 Å². The van der Waals surface area contributed by atoms with Gasteiger partial charge >= 0.3 is 0 Å². The third-order valence-corrected chi connectivity index (χ3v) is 2.77. The summed E-state index contributed by atoms with van der Waals surface area (Å²) in [6.07, 6.45) is 2.89. The molecule has 1 rings (SSSR count). The fraction of sp³-hybridized carbons (Fsp3) is 0.900. The fourth-order valence-corrected chi connectivity index (χ4v) is 1.87. The minimum Gasteiger partial charge on any atom is -0.396 e. The van der Waals surface area contributed by atoms with Gasteiger partial charge in [0.2, 0.25) is 5.91 Å². The Morgan fingerprint density at radius 3 is 2.64 bits per heavy atom. The van der Waals surface area contributed by atoms with Crippen LogP contribution in [0.3, 0.4) is 0 Å². The molecule has 1 aliphatic heterocycles. The normalized spacial score (nSPS) is 18.6. The van der Waals surface area contributed by atoms with Gasteiger partial charge in [0.05, 0.1) is 0 Å². The third kappa shape index (κ3) is 3.27. The van der Waals surface area contributed by atoms with Gasteiger partial charge in [0, 0.05) is 26.8 Å². The Morgan fingerprint density at radius 2 is 2.14 bits per heavy atom. The predicted octanol–water partition coefficient (Wildman–Crippen LogP) is 0.254. The number of aliphatic hydroxyl groups is 1. The van der Waals surface area contributed by atoms with E-state index >= 15 is 0 Å². The van der Waals surface area contributed by atoms with E-state index in [0.29, 0.717) is 5.92 Å². The Hall–Kier alpha value is -0.610. The zero-order valence-corrected chi connectivity index (χ0v) is 8.74. The number of carbonyl (C=O) groups is 1. The van der Waals surface area contributed by atoms with Gasteiger partial charge in [0.25, 0.3) is 0 Å². The molecule has 1 fully saturated rings. The van der Waals surface area contributed by atoms with Crippen LogP contribution in [0.5, 0.6) is 0 Å². The first-order chi connectivity index (χ1) is 6.77. The molecule has 1 heterocycles. The van der Waals surface area contributed by atoms with Gasteiger partial charge in [0.1, 0.15) is 6.61 Å². The van der Waals surface area contributed by atoms with Crippen LogP contribution in [-0.4, -0.2) is 49.3 Å². The number of hydrogen-bond donors (Lipinski definition) is 1. The summed E-state index contributed by atoms with van der Waals surface area (Å²) < 4.78 is 4.80. The zero-order valence-electron chi connectivity index (χ0n) is 8.74. The SMILES string of the molecule is COCC(=O)N1CCC(CCO)CC1. The molecule has 0 bridgehead atoms. The molecule has 1 aliphatic rings. The van der Waals surface area contributed by atoms with Crippen molar-refractivity contribution in [3.8, 4) is 0 Å². The maximum atomic E-state index is 11.4. The Kier molecular flexibility index (Phi) is 4.90. The largest absolute Gasteiger partial charge is 0.396 e. The molecule has 14 heavy (non-hydrogen) atoms. The summed E-state index contributed by atoms with van der Waals surface area (Å²) >= 11 is 0. The lowest BCUT2D eigenvalue weighted by molar-refractivity contribution is -0.136. The highest BCUT2D eigenvalue weighted by Gasteiger charge is 2.21. The number of aliphatic hydroxyl groups excluding tert-OH is 1. The van der Waals surface area contributed by atoms with Gasteiger partial charge in [-0.2, -0.15) is 0 Å².